The molecule has 1 heterocycles. The van der Waals surface area contributed by atoms with Crippen LogP contribution in [0.4, 0.5) is 8.78 Å². The van der Waals surface area contributed by atoms with Crippen LogP contribution in [-0.4, -0.2) is 10.8 Å². The van der Waals surface area contributed by atoms with Crippen molar-refractivity contribution in [2.75, 3.05) is 0 Å². The Balaban J connectivity index is 1.45. The maximum absolute atomic E-state index is 13.8. The van der Waals surface area contributed by atoms with E-state index in [4.69, 9.17) is 11.6 Å². The molecule has 2 nitrogen and oxygen atoms in total. The molecule has 0 atom stereocenters. The Morgan fingerprint density at radius 2 is 1.32 bits per heavy atom. The molecule has 4 rings (SSSR count). The average Bonchev–Trinajstić information content (AvgIpc) is 2.85. The fourth-order valence-electron chi connectivity index (χ4n) is 3.90. The van der Waals surface area contributed by atoms with E-state index in [2.05, 4.69) is 4.98 Å². The number of pyridine rings is 1. The minimum atomic E-state index is -2.84. The predicted octanol–water partition coefficient (Wildman–Crippen LogP) is 7.93. The van der Waals surface area contributed by atoms with E-state index < -0.39 is 5.92 Å². The zero-order valence-electron chi connectivity index (χ0n) is 18.8. The molecule has 0 N–H and O–H groups in total. The summed E-state index contributed by atoms with van der Waals surface area (Å²) in [4.78, 5) is 16.8. The number of carbonyl (C=O) groups excluding carboxylic acids is 1. The van der Waals surface area contributed by atoms with E-state index in [1.807, 2.05) is 60.8 Å². The molecule has 34 heavy (non-hydrogen) atoms. The van der Waals surface area contributed by atoms with E-state index in [-0.39, 0.29) is 30.6 Å². The predicted molar refractivity (Wildman–Crippen MR) is 133 cm³/mol. The van der Waals surface area contributed by atoms with Crippen LogP contribution in [0.5, 0.6) is 0 Å². The summed E-state index contributed by atoms with van der Waals surface area (Å²) < 4.78 is 27.6. The second-order valence-corrected chi connectivity index (χ2v) is 8.71. The molecule has 0 aliphatic rings. The van der Waals surface area contributed by atoms with Crippen LogP contribution in [0.25, 0.3) is 22.3 Å². The van der Waals surface area contributed by atoms with E-state index in [1.165, 1.54) is 19.1 Å². The van der Waals surface area contributed by atoms with Gasteiger partial charge in [0.2, 0.25) is 0 Å². The molecular formula is C29H24ClF2NO. The smallest absolute Gasteiger partial charge is 0.273 e. The lowest BCUT2D eigenvalue weighted by Gasteiger charge is -2.14. The number of nitrogens with zero attached hydrogens (tertiary/aromatic N) is 1. The number of carbonyl (C=O) groups is 1. The number of ketones is 1. The van der Waals surface area contributed by atoms with Gasteiger partial charge in [-0.05, 0) is 46.0 Å². The second kappa shape index (κ2) is 10.3. The quantitative estimate of drug-likeness (QED) is 0.259. The summed E-state index contributed by atoms with van der Waals surface area (Å²) in [7, 11) is 0. The third-order valence-corrected chi connectivity index (χ3v) is 6.12. The number of Topliss-reactive ketones (excluding diaryl/α,β-unsaturated/α-hetero) is 1. The van der Waals surface area contributed by atoms with Crippen molar-refractivity contribution >= 4 is 17.4 Å². The van der Waals surface area contributed by atoms with Crippen molar-refractivity contribution in [1.82, 2.24) is 4.98 Å². The van der Waals surface area contributed by atoms with Gasteiger partial charge in [-0.1, -0.05) is 79.2 Å². The van der Waals surface area contributed by atoms with Crippen molar-refractivity contribution in [3.63, 3.8) is 0 Å². The Hall–Kier alpha value is -3.37. The molecular weight excluding hydrogens is 452 g/mol. The number of rotatable bonds is 8. The van der Waals surface area contributed by atoms with Gasteiger partial charge in [-0.25, -0.2) is 8.78 Å². The van der Waals surface area contributed by atoms with Gasteiger partial charge in [0.15, 0.2) is 0 Å². The van der Waals surface area contributed by atoms with Crippen molar-refractivity contribution < 1.29 is 13.6 Å². The molecule has 172 valence electrons. The Kier molecular flexibility index (Phi) is 7.18. The molecule has 0 aliphatic carbocycles. The first kappa shape index (κ1) is 23.8. The van der Waals surface area contributed by atoms with Gasteiger partial charge < -0.3 is 0 Å². The van der Waals surface area contributed by atoms with Gasteiger partial charge in [-0.15, -0.1) is 0 Å². The first-order valence-corrected chi connectivity index (χ1v) is 11.5. The van der Waals surface area contributed by atoms with Crippen molar-refractivity contribution in [3.05, 3.63) is 113 Å². The molecule has 0 amide bonds. The van der Waals surface area contributed by atoms with Gasteiger partial charge in [0.1, 0.15) is 5.78 Å². The lowest BCUT2D eigenvalue weighted by Crippen LogP contribution is -2.12. The minimum Gasteiger partial charge on any atom is -0.299 e. The van der Waals surface area contributed by atoms with Crippen LogP contribution in [0.3, 0.4) is 0 Å². The highest BCUT2D eigenvalue weighted by molar-refractivity contribution is 6.30. The van der Waals surface area contributed by atoms with Gasteiger partial charge in [-0.3, -0.25) is 9.78 Å². The number of hydrogen-bond donors (Lipinski definition) is 0. The monoisotopic (exact) mass is 475 g/mol. The molecule has 0 spiro atoms. The molecule has 1 aromatic heterocycles. The number of benzene rings is 3. The Morgan fingerprint density at radius 3 is 1.91 bits per heavy atom. The topological polar surface area (TPSA) is 30.0 Å². The van der Waals surface area contributed by atoms with Crippen LogP contribution in [0.15, 0.2) is 91.3 Å². The van der Waals surface area contributed by atoms with E-state index in [1.54, 1.807) is 18.3 Å². The van der Waals surface area contributed by atoms with Gasteiger partial charge in [0.25, 0.3) is 5.92 Å². The third-order valence-electron chi connectivity index (χ3n) is 5.86. The molecule has 0 fully saturated rings. The SMILES string of the molecule is CCC(F)(F)c1ccc(CC(=O)Cc2ccc(-c3ccncc3-c3ccc(Cl)cc3)cc2)cc1. The lowest BCUT2D eigenvalue weighted by atomic mass is 9.95. The summed E-state index contributed by atoms with van der Waals surface area (Å²) in [6, 6.07) is 23.5. The first-order valence-electron chi connectivity index (χ1n) is 11.1. The zero-order valence-corrected chi connectivity index (χ0v) is 19.5. The molecule has 0 bridgehead atoms. The van der Waals surface area contributed by atoms with Gasteiger partial charge in [-0.2, -0.15) is 0 Å². The fraction of sp³-hybridized carbons (Fsp3) is 0.172. The number of aromatic nitrogens is 1. The van der Waals surface area contributed by atoms with Crippen LogP contribution in [0.2, 0.25) is 5.02 Å². The Morgan fingerprint density at radius 1 is 0.794 bits per heavy atom. The third kappa shape index (κ3) is 5.57. The summed E-state index contributed by atoms with van der Waals surface area (Å²) in [6.07, 6.45) is 3.84. The summed E-state index contributed by atoms with van der Waals surface area (Å²) in [5, 5.41) is 0.679. The zero-order chi connectivity index (χ0) is 24.1. The molecule has 3 aromatic carbocycles. The van der Waals surface area contributed by atoms with E-state index in [9.17, 15) is 13.6 Å². The summed E-state index contributed by atoms with van der Waals surface area (Å²) in [6.45, 7) is 1.45. The summed E-state index contributed by atoms with van der Waals surface area (Å²) >= 11 is 6.02. The summed E-state index contributed by atoms with van der Waals surface area (Å²) in [5.41, 5.74) is 5.72. The first-order chi connectivity index (χ1) is 16.4. The minimum absolute atomic E-state index is 0.0177. The van der Waals surface area contributed by atoms with Crippen molar-refractivity contribution in [3.8, 4) is 22.3 Å². The van der Waals surface area contributed by atoms with E-state index >= 15 is 0 Å². The standard InChI is InChI=1S/C29H24ClF2NO/c1-2-29(31,32)24-11-5-21(6-12-24)18-26(34)17-20-3-7-22(8-4-20)27-15-16-33-19-28(27)23-9-13-25(30)14-10-23/h3-16,19H,2,17-18H2,1H3. The Bertz CT molecular complexity index is 1270. The van der Waals surface area contributed by atoms with Gasteiger partial charge >= 0.3 is 0 Å². The van der Waals surface area contributed by atoms with Crippen molar-refractivity contribution in [2.45, 2.75) is 32.1 Å². The number of hydrogen-bond acceptors (Lipinski definition) is 2. The normalized spacial score (nSPS) is 11.4. The lowest BCUT2D eigenvalue weighted by molar-refractivity contribution is -0.117. The van der Waals surface area contributed by atoms with Crippen LogP contribution in [0, 0.1) is 0 Å². The Labute approximate surface area is 203 Å². The highest BCUT2D eigenvalue weighted by atomic mass is 35.5. The van der Waals surface area contributed by atoms with Gasteiger partial charge in [0, 0.05) is 47.8 Å². The molecule has 5 heteroatoms. The molecule has 0 radical (unpaired) electrons. The van der Waals surface area contributed by atoms with E-state index in [0.29, 0.717) is 5.02 Å². The highest BCUT2D eigenvalue weighted by Crippen LogP contribution is 2.33. The maximum Gasteiger partial charge on any atom is 0.273 e. The van der Waals surface area contributed by atoms with Crippen LogP contribution >= 0.6 is 11.6 Å². The average molecular weight is 476 g/mol. The fourth-order valence-corrected chi connectivity index (χ4v) is 4.02. The van der Waals surface area contributed by atoms with E-state index in [0.717, 1.165) is 33.4 Å². The number of alkyl halides is 2. The summed E-state index contributed by atoms with van der Waals surface area (Å²) in [5.74, 6) is -2.81. The van der Waals surface area contributed by atoms with Crippen molar-refractivity contribution in [2.24, 2.45) is 0 Å². The molecule has 0 unspecified atom stereocenters. The molecule has 4 aromatic rings. The van der Waals surface area contributed by atoms with Gasteiger partial charge in [0.05, 0.1) is 0 Å². The number of halogens is 3. The maximum atomic E-state index is 13.8. The molecule has 0 saturated heterocycles. The largest absolute Gasteiger partial charge is 0.299 e. The van der Waals surface area contributed by atoms with Crippen LogP contribution < -0.4 is 0 Å². The highest BCUT2D eigenvalue weighted by Gasteiger charge is 2.28. The van der Waals surface area contributed by atoms with Crippen LogP contribution in [0.1, 0.15) is 30.0 Å². The van der Waals surface area contributed by atoms with Crippen LogP contribution in [-0.2, 0) is 23.6 Å². The van der Waals surface area contributed by atoms with Crippen molar-refractivity contribution in [1.29, 1.82) is 0 Å². The molecule has 0 aliphatic heterocycles. The molecule has 0 saturated carbocycles. The second-order valence-electron chi connectivity index (χ2n) is 8.27.